The standard InChI is InChI=1S/C23H31N5O3S2/c1-7-17-14(3)32-22(24-17)25-21(29)15(4)33-23-27-26-20(28(23)8-2)12-10-16-9-11-18(30-5)19(13-16)31-6/h9,11,13,15H,7-8,10,12H2,1-6H3,(H,24,25,29). The molecule has 8 nitrogen and oxygen atoms in total. The number of methoxy groups -OCH3 is 2. The van der Waals surface area contributed by atoms with Gasteiger partial charge in [0.25, 0.3) is 0 Å². The van der Waals surface area contributed by atoms with Crippen LogP contribution in [0.4, 0.5) is 5.13 Å². The molecule has 2 aromatic heterocycles. The number of aryl methyl sites for hydroxylation is 4. The second kappa shape index (κ2) is 11.5. The van der Waals surface area contributed by atoms with Gasteiger partial charge in [-0.3, -0.25) is 4.79 Å². The molecule has 0 saturated carbocycles. The van der Waals surface area contributed by atoms with Crippen LogP contribution in [0.25, 0.3) is 0 Å². The van der Waals surface area contributed by atoms with Gasteiger partial charge >= 0.3 is 0 Å². The molecule has 178 valence electrons. The minimum absolute atomic E-state index is 0.0890. The topological polar surface area (TPSA) is 91.2 Å². The van der Waals surface area contributed by atoms with Gasteiger partial charge in [-0.05, 0) is 51.3 Å². The number of amides is 1. The molecule has 3 rings (SSSR count). The van der Waals surface area contributed by atoms with Crippen LogP contribution in [0.3, 0.4) is 0 Å². The van der Waals surface area contributed by atoms with Crippen LogP contribution in [0.5, 0.6) is 11.5 Å². The van der Waals surface area contributed by atoms with Crippen molar-refractivity contribution in [1.29, 1.82) is 0 Å². The van der Waals surface area contributed by atoms with Gasteiger partial charge in [0, 0.05) is 17.8 Å². The number of hydrogen-bond acceptors (Lipinski definition) is 8. The molecule has 0 aliphatic heterocycles. The monoisotopic (exact) mass is 489 g/mol. The van der Waals surface area contributed by atoms with E-state index in [9.17, 15) is 4.79 Å². The molecule has 1 atom stereocenters. The van der Waals surface area contributed by atoms with Crippen LogP contribution in [0.1, 0.15) is 42.7 Å². The highest BCUT2D eigenvalue weighted by molar-refractivity contribution is 8.00. The first-order chi connectivity index (χ1) is 15.9. The highest BCUT2D eigenvalue weighted by Gasteiger charge is 2.21. The smallest absolute Gasteiger partial charge is 0.239 e. The van der Waals surface area contributed by atoms with Gasteiger partial charge in [-0.25, -0.2) is 4.98 Å². The number of carbonyl (C=O) groups excluding carboxylic acids is 1. The lowest BCUT2D eigenvalue weighted by Gasteiger charge is -2.12. The number of hydrogen-bond donors (Lipinski definition) is 1. The summed E-state index contributed by atoms with van der Waals surface area (Å²) >= 11 is 2.92. The first-order valence-corrected chi connectivity index (χ1v) is 12.7. The van der Waals surface area contributed by atoms with E-state index in [2.05, 4.69) is 38.9 Å². The van der Waals surface area contributed by atoms with E-state index in [1.807, 2.05) is 32.0 Å². The molecular weight excluding hydrogens is 458 g/mol. The molecular formula is C23H31N5O3S2. The fourth-order valence-electron chi connectivity index (χ4n) is 3.43. The summed E-state index contributed by atoms with van der Waals surface area (Å²) in [6.45, 7) is 8.75. The van der Waals surface area contributed by atoms with Gasteiger partial charge in [0.2, 0.25) is 5.91 Å². The maximum Gasteiger partial charge on any atom is 0.239 e. The van der Waals surface area contributed by atoms with Crippen molar-refractivity contribution in [2.75, 3.05) is 19.5 Å². The van der Waals surface area contributed by atoms with Crippen LogP contribution in [-0.2, 0) is 30.6 Å². The lowest BCUT2D eigenvalue weighted by molar-refractivity contribution is -0.115. The molecule has 0 spiro atoms. The Morgan fingerprint density at radius 1 is 1.18 bits per heavy atom. The van der Waals surface area contributed by atoms with Gasteiger partial charge in [-0.2, -0.15) is 0 Å². The molecule has 1 amide bonds. The summed E-state index contributed by atoms with van der Waals surface area (Å²) in [4.78, 5) is 18.3. The fourth-order valence-corrected chi connectivity index (χ4v) is 5.27. The predicted octanol–water partition coefficient (Wildman–Crippen LogP) is 4.55. The Morgan fingerprint density at radius 3 is 2.58 bits per heavy atom. The molecule has 10 heteroatoms. The lowest BCUT2D eigenvalue weighted by atomic mass is 10.1. The summed E-state index contributed by atoms with van der Waals surface area (Å²) in [5.74, 6) is 2.23. The Labute approximate surface area is 203 Å². The largest absolute Gasteiger partial charge is 0.493 e. The zero-order valence-electron chi connectivity index (χ0n) is 20.0. The normalized spacial score (nSPS) is 11.9. The van der Waals surface area contributed by atoms with Crippen molar-refractivity contribution in [2.45, 2.75) is 63.9 Å². The van der Waals surface area contributed by atoms with E-state index in [0.29, 0.717) is 16.6 Å². The number of aromatic nitrogens is 4. The SMILES string of the molecule is CCc1nc(NC(=O)C(C)Sc2nnc(CCc3ccc(OC)c(OC)c3)n2CC)sc1C. The van der Waals surface area contributed by atoms with Gasteiger partial charge in [-0.1, -0.05) is 24.8 Å². The lowest BCUT2D eigenvalue weighted by Crippen LogP contribution is -2.23. The highest BCUT2D eigenvalue weighted by atomic mass is 32.2. The molecule has 1 N–H and O–H groups in total. The fraction of sp³-hybridized carbons (Fsp3) is 0.478. The number of benzene rings is 1. The predicted molar refractivity (Wildman–Crippen MR) is 133 cm³/mol. The molecule has 0 fully saturated rings. The van der Waals surface area contributed by atoms with Crippen molar-refractivity contribution >= 4 is 34.1 Å². The maximum absolute atomic E-state index is 12.7. The van der Waals surface area contributed by atoms with E-state index < -0.39 is 0 Å². The molecule has 0 saturated heterocycles. The average molecular weight is 490 g/mol. The zero-order valence-corrected chi connectivity index (χ0v) is 21.6. The van der Waals surface area contributed by atoms with E-state index >= 15 is 0 Å². The molecule has 1 aromatic carbocycles. The Balaban J connectivity index is 1.64. The second-order valence-corrected chi connectivity index (χ2v) is 9.97. The summed E-state index contributed by atoms with van der Waals surface area (Å²) in [5.41, 5.74) is 2.16. The van der Waals surface area contributed by atoms with Crippen LogP contribution < -0.4 is 14.8 Å². The average Bonchev–Trinajstić information content (AvgIpc) is 3.38. The first-order valence-electron chi connectivity index (χ1n) is 11.0. The third-order valence-corrected chi connectivity index (χ3v) is 7.31. The van der Waals surface area contributed by atoms with Crippen LogP contribution in [0.15, 0.2) is 23.4 Å². The molecule has 0 radical (unpaired) electrons. The van der Waals surface area contributed by atoms with Crippen molar-refractivity contribution in [3.63, 3.8) is 0 Å². The summed E-state index contributed by atoms with van der Waals surface area (Å²) in [6.07, 6.45) is 2.38. The number of rotatable bonds is 11. The van der Waals surface area contributed by atoms with Crippen molar-refractivity contribution in [3.05, 3.63) is 40.2 Å². The number of carbonyl (C=O) groups is 1. The molecule has 0 bridgehead atoms. The summed E-state index contributed by atoms with van der Waals surface area (Å²) in [7, 11) is 3.26. The first kappa shape index (κ1) is 25.0. The Morgan fingerprint density at radius 2 is 1.94 bits per heavy atom. The van der Waals surface area contributed by atoms with Crippen molar-refractivity contribution < 1.29 is 14.3 Å². The number of thioether (sulfide) groups is 1. The quantitative estimate of drug-likeness (QED) is 0.395. The number of anilines is 1. The third kappa shape index (κ3) is 6.05. The van der Waals surface area contributed by atoms with E-state index in [0.717, 1.165) is 52.9 Å². The van der Waals surface area contributed by atoms with Gasteiger partial charge in [-0.15, -0.1) is 21.5 Å². The summed E-state index contributed by atoms with van der Waals surface area (Å²) in [5, 5.41) is 12.8. The Bertz CT molecular complexity index is 1100. The number of nitrogens with zero attached hydrogens (tertiary/aromatic N) is 4. The van der Waals surface area contributed by atoms with Gasteiger partial charge in [0.05, 0.1) is 25.2 Å². The van der Waals surface area contributed by atoms with Crippen LogP contribution >= 0.6 is 23.1 Å². The van der Waals surface area contributed by atoms with Crippen LogP contribution in [0.2, 0.25) is 0 Å². The van der Waals surface area contributed by atoms with Gasteiger partial charge in [0.1, 0.15) is 5.82 Å². The van der Waals surface area contributed by atoms with Gasteiger partial charge in [0.15, 0.2) is 21.8 Å². The summed E-state index contributed by atoms with van der Waals surface area (Å²) < 4.78 is 12.8. The van der Waals surface area contributed by atoms with Crippen molar-refractivity contribution in [2.24, 2.45) is 0 Å². The van der Waals surface area contributed by atoms with Crippen LogP contribution in [0, 0.1) is 6.92 Å². The molecule has 1 unspecified atom stereocenters. The third-order valence-electron chi connectivity index (χ3n) is 5.30. The van der Waals surface area contributed by atoms with E-state index in [1.54, 1.807) is 14.2 Å². The summed E-state index contributed by atoms with van der Waals surface area (Å²) in [6, 6.07) is 5.92. The number of nitrogens with one attached hydrogen (secondary N) is 1. The Hall–Kier alpha value is -2.59. The van der Waals surface area contributed by atoms with E-state index in [-0.39, 0.29) is 11.2 Å². The van der Waals surface area contributed by atoms with Crippen molar-refractivity contribution in [1.82, 2.24) is 19.7 Å². The molecule has 2 heterocycles. The second-order valence-electron chi connectivity index (χ2n) is 7.46. The minimum atomic E-state index is -0.326. The maximum atomic E-state index is 12.7. The van der Waals surface area contributed by atoms with Gasteiger partial charge < -0.3 is 19.4 Å². The Kier molecular flexibility index (Phi) is 8.74. The number of ether oxygens (including phenoxy) is 2. The van der Waals surface area contributed by atoms with E-state index in [1.165, 1.54) is 23.1 Å². The number of thiazole rings is 1. The van der Waals surface area contributed by atoms with Crippen LogP contribution in [-0.4, -0.2) is 45.1 Å². The molecule has 33 heavy (non-hydrogen) atoms. The highest BCUT2D eigenvalue weighted by Crippen LogP contribution is 2.29. The minimum Gasteiger partial charge on any atom is -0.493 e. The zero-order chi connectivity index (χ0) is 24.0. The van der Waals surface area contributed by atoms with Crippen molar-refractivity contribution in [3.8, 4) is 11.5 Å². The molecule has 0 aliphatic rings. The molecule has 0 aliphatic carbocycles. The molecule has 3 aromatic rings. The van der Waals surface area contributed by atoms with E-state index in [4.69, 9.17) is 9.47 Å².